The summed E-state index contributed by atoms with van der Waals surface area (Å²) < 4.78 is 14.1. The summed E-state index contributed by atoms with van der Waals surface area (Å²) in [5, 5.41) is 18.1. The quantitative estimate of drug-likeness (QED) is 0.457. The molecule has 0 aliphatic carbocycles. The highest BCUT2D eigenvalue weighted by molar-refractivity contribution is 5.74. The Morgan fingerprint density at radius 3 is 2.76 bits per heavy atom. The summed E-state index contributed by atoms with van der Waals surface area (Å²) in [6.45, 7) is 12.1. The van der Waals surface area contributed by atoms with Crippen molar-refractivity contribution in [2.75, 3.05) is 6.54 Å². The maximum atomic E-state index is 12.2. The number of aliphatic carboxylic acids is 1. The van der Waals surface area contributed by atoms with E-state index in [0.29, 0.717) is 24.7 Å². The van der Waals surface area contributed by atoms with E-state index in [1.807, 2.05) is 24.3 Å². The number of rotatable bonds is 9. The van der Waals surface area contributed by atoms with Crippen molar-refractivity contribution in [2.45, 2.75) is 66.5 Å². The first-order valence-electron chi connectivity index (χ1n) is 12.7. The number of benzene rings is 1. The second-order valence-corrected chi connectivity index (χ2v) is 10.8. The fourth-order valence-electron chi connectivity index (χ4n) is 4.58. The van der Waals surface area contributed by atoms with Gasteiger partial charge in [0.05, 0.1) is 30.0 Å². The van der Waals surface area contributed by atoms with E-state index in [2.05, 4.69) is 47.0 Å². The van der Waals surface area contributed by atoms with Crippen molar-refractivity contribution in [1.29, 1.82) is 0 Å². The number of carbonyl (C=O) groups is 1. The van der Waals surface area contributed by atoms with Crippen LogP contribution < -0.4 is 4.74 Å². The van der Waals surface area contributed by atoms with Crippen LogP contribution in [0.15, 0.2) is 42.7 Å². The standard InChI is InChI=1S/C28H37N5O4/c1-18(2)25-16-33(15-23-24(37-25)8-7-11-29-23)13-21-12-20(10-9-19(21)3)26(28(4,5)27(34)35)36-17-22-14-32(6)31-30-22/h7-12,14,18,25-26H,13,15-17H2,1-6H3,(H,34,35)/t25-,26-/m0/s1. The number of hydrogen-bond acceptors (Lipinski definition) is 7. The van der Waals surface area contributed by atoms with Gasteiger partial charge in [-0.05, 0) is 55.5 Å². The molecule has 1 aliphatic rings. The van der Waals surface area contributed by atoms with Crippen molar-refractivity contribution in [1.82, 2.24) is 24.9 Å². The van der Waals surface area contributed by atoms with Gasteiger partial charge in [-0.2, -0.15) is 0 Å². The molecule has 0 unspecified atom stereocenters. The smallest absolute Gasteiger partial charge is 0.312 e. The summed E-state index contributed by atoms with van der Waals surface area (Å²) in [6, 6.07) is 9.98. The van der Waals surface area contributed by atoms with Crippen LogP contribution in [-0.2, 0) is 36.3 Å². The van der Waals surface area contributed by atoms with Gasteiger partial charge >= 0.3 is 5.97 Å². The van der Waals surface area contributed by atoms with Crippen LogP contribution in [0.3, 0.4) is 0 Å². The number of nitrogens with zero attached hydrogens (tertiary/aromatic N) is 5. The number of hydrogen-bond donors (Lipinski definition) is 1. The molecule has 9 heteroatoms. The molecular weight excluding hydrogens is 470 g/mol. The van der Waals surface area contributed by atoms with E-state index in [1.54, 1.807) is 38.0 Å². The molecule has 4 rings (SSSR count). The molecule has 0 saturated carbocycles. The molecule has 0 bridgehead atoms. The summed E-state index contributed by atoms with van der Waals surface area (Å²) in [4.78, 5) is 19.2. The summed E-state index contributed by atoms with van der Waals surface area (Å²) in [5.74, 6) is 0.261. The molecule has 1 aliphatic heterocycles. The first-order valence-corrected chi connectivity index (χ1v) is 12.7. The number of carboxylic acids is 1. The molecule has 0 saturated heterocycles. The highest BCUT2D eigenvalue weighted by atomic mass is 16.5. The lowest BCUT2D eigenvalue weighted by Gasteiger charge is -2.31. The molecule has 9 nitrogen and oxygen atoms in total. The third-order valence-corrected chi connectivity index (χ3v) is 7.01. The normalized spacial score (nSPS) is 17.2. The lowest BCUT2D eigenvalue weighted by molar-refractivity contribution is -0.158. The molecule has 2 aromatic heterocycles. The predicted octanol–water partition coefficient (Wildman–Crippen LogP) is 4.31. The first kappa shape index (κ1) is 26.8. The van der Waals surface area contributed by atoms with Crippen LogP contribution in [0.5, 0.6) is 5.75 Å². The average molecular weight is 508 g/mol. The van der Waals surface area contributed by atoms with Gasteiger partial charge in [0.2, 0.25) is 0 Å². The molecular formula is C28H37N5O4. The van der Waals surface area contributed by atoms with Crippen molar-refractivity contribution in [3.8, 4) is 5.75 Å². The van der Waals surface area contributed by atoms with Gasteiger partial charge in [0.15, 0.2) is 0 Å². The van der Waals surface area contributed by atoms with Gasteiger partial charge in [-0.25, -0.2) is 0 Å². The second kappa shape index (κ2) is 11.0. The van der Waals surface area contributed by atoms with Gasteiger partial charge < -0.3 is 14.6 Å². The molecule has 0 radical (unpaired) electrons. The molecule has 2 atom stereocenters. The zero-order valence-electron chi connectivity index (χ0n) is 22.5. The van der Waals surface area contributed by atoms with E-state index < -0.39 is 17.5 Å². The second-order valence-electron chi connectivity index (χ2n) is 10.8. The molecule has 1 N–H and O–H groups in total. The Morgan fingerprint density at radius 2 is 2.08 bits per heavy atom. The van der Waals surface area contributed by atoms with Gasteiger partial charge in [0.25, 0.3) is 0 Å². The van der Waals surface area contributed by atoms with Crippen molar-refractivity contribution in [2.24, 2.45) is 18.4 Å². The Balaban J connectivity index is 1.62. The van der Waals surface area contributed by atoms with Gasteiger partial charge in [-0.3, -0.25) is 19.4 Å². The zero-order valence-corrected chi connectivity index (χ0v) is 22.5. The van der Waals surface area contributed by atoms with Crippen LogP contribution in [0, 0.1) is 18.3 Å². The van der Waals surface area contributed by atoms with Crippen LogP contribution in [-0.4, -0.2) is 48.6 Å². The summed E-state index contributed by atoms with van der Waals surface area (Å²) >= 11 is 0. The Kier molecular flexibility index (Phi) is 7.94. The average Bonchev–Trinajstić information content (AvgIpc) is 3.16. The van der Waals surface area contributed by atoms with Crippen molar-refractivity contribution >= 4 is 5.97 Å². The molecule has 37 heavy (non-hydrogen) atoms. The molecule has 0 spiro atoms. The van der Waals surface area contributed by atoms with Crippen LogP contribution >= 0.6 is 0 Å². The summed E-state index contributed by atoms with van der Waals surface area (Å²) in [6.07, 6.45) is 2.94. The van der Waals surface area contributed by atoms with Crippen LogP contribution in [0.2, 0.25) is 0 Å². The maximum Gasteiger partial charge on any atom is 0.312 e. The minimum Gasteiger partial charge on any atom is -0.487 e. The highest BCUT2D eigenvalue weighted by Crippen LogP contribution is 2.38. The number of aromatic nitrogens is 4. The Hall–Kier alpha value is -3.30. The number of pyridine rings is 1. The van der Waals surface area contributed by atoms with E-state index in [0.717, 1.165) is 34.7 Å². The lowest BCUT2D eigenvalue weighted by Crippen LogP contribution is -2.36. The van der Waals surface area contributed by atoms with E-state index >= 15 is 0 Å². The third kappa shape index (κ3) is 6.17. The number of carboxylic acid groups (broad SMARTS) is 1. The van der Waals surface area contributed by atoms with E-state index in [1.165, 1.54) is 0 Å². The largest absolute Gasteiger partial charge is 0.487 e. The van der Waals surface area contributed by atoms with Crippen LogP contribution in [0.25, 0.3) is 0 Å². The highest BCUT2D eigenvalue weighted by Gasteiger charge is 2.39. The van der Waals surface area contributed by atoms with E-state index in [-0.39, 0.29) is 12.7 Å². The maximum absolute atomic E-state index is 12.2. The Bertz CT molecular complexity index is 1240. The molecule has 1 aromatic carbocycles. The van der Waals surface area contributed by atoms with Gasteiger partial charge in [0.1, 0.15) is 17.5 Å². The van der Waals surface area contributed by atoms with Gasteiger partial charge in [-0.15, -0.1) is 5.10 Å². The van der Waals surface area contributed by atoms with Crippen LogP contribution in [0.1, 0.15) is 61.9 Å². The van der Waals surface area contributed by atoms with Crippen molar-refractivity contribution in [3.05, 3.63) is 70.8 Å². The minimum absolute atomic E-state index is 0.0444. The Morgan fingerprint density at radius 1 is 1.30 bits per heavy atom. The fourth-order valence-corrected chi connectivity index (χ4v) is 4.58. The monoisotopic (exact) mass is 507 g/mol. The topological polar surface area (TPSA) is 103 Å². The molecule has 198 valence electrons. The fraction of sp³-hybridized carbons (Fsp3) is 0.500. The summed E-state index contributed by atoms with van der Waals surface area (Å²) in [5.41, 5.74) is 3.50. The number of fused-ring (bicyclic) bond motifs is 1. The van der Waals surface area contributed by atoms with E-state index in [9.17, 15) is 9.90 Å². The van der Waals surface area contributed by atoms with Gasteiger partial charge in [-0.1, -0.05) is 37.3 Å². The van der Waals surface area contributed by atoms with Crippen molar-refractivity contribution < 1.29 is 19.4 Å². The van der Waals surface area contributed by atoms with Crippen molar-refractivity contribution in [3.63, 3.8) is 0 Å². The predicted molar refractivity (Wildman–Crippen MR) is 139 cm³/mol. The molecule has 3 aromatic rings. The van der Waals surface area contributed by atoms with Gasteiger partial charge in [0, 0.05) is 32.9 Å². The SMILES string of the molecule is Cc1ccc([C@H](OCc2cn(C)nn2)C(C)(C)C(=O)O)cc1CN1Cc2ncccc2O[C@H](C(C)C)C1. The third-order valence-electron chi connectivity index (χ3n) is 7.01. The number of aryl methyl sites for hydroxylation is 2. The minimum atomic E-state index is -1.16. The van der Waals surface area contributed by atoms with E-state index in [4.69, 9.17) is 9.47 Å². The lowest BCUT2D eigenvalue weighted by atomic mass is 9.81. The number of ether oxygens (including phenoxy) is 2. The molecule has 0 amide bonds. The van der Waals surface area contributed by atoms with Crippen LogP contribution in [0.4, 0.5) is 0 Å². The summed E-state index contributed by atoms with van der Waals surface area (Å²) in [7, 11) is 1.78. The molecule has 0 fully saturated rings. The first-order chi connectivity index (χ1) is 17.5. The Labute approximate surface area is 218 Å². The molecule has 3 heterocycles. The zero-order chi connectivity index (χ0) is 26.7.